The van der Waals surface area contributed by atoms with Gasteiger partial charge in [0.15, 0.2) is 0 Å². The maximum atomic E-state index is 13.7. The van der Waals surface area contributed by atoms with Crippen molar-refractivity contribution in [2.24, 2.45) is 5.41 Å². The summed E-state index contributed by atoms with van der Waals surface area (Å²) in [7, 11) is 0. The summed E-state index contributed by atoms with van der Waals surface area (Å²) in [4.78, 5) is 37.1. The van der Waals surface area contributed by atoms with E-state index in [1.807, 2.05) is 51.1 Å². The van der Waals surface area contributed by atoms with Crippen LogP contribution >= 0.6 is 0 Å². The van der Waals surface area contributed by atoms with Gasteiger partial charge in [-0.1, -0.05) is 18.2 Å². The van der Waals surface area contributed by atoms with Crippen LogP contribution in [0.15, 0.2) is 42.6 Å². The van der Waals surface area contributed by atoms with Gasteiger partial charge in [-0.3, -0.25) is 9.69 Å². The maximum absolute atomic E-state index is 13.7. The van der Waals surface area contributed by atoms with Crippen molar-refractivity contribution in [3.63, 3.8) is 0 Å². The minimum atomic E-state index is -0.629. The first-order valence-corrected chi connectivity index (χ1v) is 11.6. The third-order valence-corrected chi connectivity index (χ3v) is 6.42. The van der Waals surface area contributed by atoms with Crippen LogP contribution in [0.2, 0.25) is 0 Å². The zero-order valence-corrected chi connectivity index (χ0v) is 19.6. The lowest BCUT2D eigenvalue weighted by atomic mass is 9.68. The molecule has 4 rings (SSSR count). The van der Waals surface area contributed by atoms with Crippen LogP contribution in [0, 0.1) is 5.41 Å². The van der Waals surface area contributed by atoms with Gasteiger partial charge in [0.1, 0.15) is 17.3 Å². The van der Waals surface area contributed by atoms with Gasteiger partial charge in [-0.05, 0) is 83.2 Å². The summed E-state index contributed by atoms with van der Waals surface area (Å²) in [6.07, 6.45) is 4.64. The number of piperidine rings is 2. The van der Waals surface area contributed by atoms with Crippen molar-refractivity contribution < 1.29 is 14.3 Å². The molecule has 2 N–H and O–H groups in total. The molecule has 0 radical (unpaired) electrons. The van der Waals surface area contributed by atoms with E-state index in [1.165, 1.54) is 0 Å². The largest absolute Gasteiger partial charge is 0.444 e. The molecule has 0 aliphatic carbocycles. The highest BCUT2D eigenvalue weighted by Gasteiger charge is 2.46. The fourth-order valence-corrected chi connectivity index (χ4v) is 4.70. The monoisotopic (exact) mass is 451 g/mol. The lowest BCUT2D eigenvalue weighted by Crippen LogP contribution is -2.56. The lowest BCUT2D eigenvalue weighted by Gasteiger charge is -2.47. The number of aromatic nitrogens is 2. The van der Waals surface area contributed by atoms with Crippen LogP contribution in [-0.4, -0.2) is 58.0 Å². The Morgan fingerprint density at radius 2 is 1.85 bits per heavy atom. The van der Waals surface area contributed by atoms with Crippen molar-refractivity contribution in [3.05, 3.63) is 48.3 Å². The van der Waals surface area contributed by atoms with E-state index in [2.05, 4.69) is 20.6 Å². The number of rotatable bonds is 4. The van der Waals surface area contributed by atoms with Gasteiger partial charge >= 0.3 is 6.09 Å². The number of Topliss-reactive ketones (excluding diaryl/α,β-unsaturated/α-hetero) is 1. The fourth-order valence-electron chi connectivity index (χ4n) is 4.70. The summed E-state index contributed by atoms with van der Waals surface area (Å²) in [6.45, 7) is 7.90. The molecule has 8 heteroatoms. The molecule has 8 nitrogen and oxygen atoms in total. The van der Waals surface area contributed by atoms with Crippen LogP contribution < -0.4 is 10.6 Å². The molecule has 2 fully saturated rings. The van der Waals surface area contributed by atoms with Crippen molar-refractivity contribution in [1.82, 2.24) is 20.2 Å². The minimum Gasteiger partial charge on any atom is -0.444 e. The lowest BCUT2D eigenvalue weighted by molar-refractivity contribution is -0.0114. The molecule has 2 aliphatic rings. The quantitative estimate of drug-likeness (QED) is 0.674. The van der Waals surface area contributed by atoms with Crippen LogP contribution in [0.3, 0.4) is 0 Å². The number of ether oxygens (including phenoxy) is 1. The molecule has 33 heavy (non-hydrogen) atoms. The number of nitrogens with zero attached hydrogens (tertiary/aromatic N) is 3. The van der Waals surface area contributed by atoms with Gasteiger partial charge in [0, 0.05) is 18.4 Å². The molecule has 1 atom stereocenters. The van der Waals surface area contributed by atoms with E-state index in [-0.39, 0.29) is 11.2 Å². The molecule has 1 amide bonds. The number of nitrogens with one attached hydrogen (secondary N) is 2. The second-order valence-electron chi connectivity index (χ2n) is 10.0. The molecular weight excluding hydrogens is 418 g/mol. The molecule has 2 aliphatic heterocycles. The number of likely N-dealkylation sites (tertiary alicyclic amines) is 1. The van der Waals surface area contributed by atoms with E-state index in [9.17, 15) is 9.59 Å². The van der Waals surface area contributed by atoms with E-state index in [0.29, 0.717) is 24.6 Å². The minimum absolute atomic E-state index is 0.0578. The molecule has 1 aromatic heterocycles. The van der Waals surface area contributed by atoms with E-state index < -0.39 is 17.7 Å². The first-order chi connectivity index (χ1) is 15.7. The maximum Gasteiger partial charge on any atom is 0.410 e. The molecule has 0 bridgehead atoms. The third-order valence-electron chi connectivity index (χ3n) is 6.42. The van der Waals surface area contributed by atoms with Crippen LogP contribution in [-0.2, 0) is 4.74 Å². The molecule has 1 unspecified atom stereocenters. The molecular formula is C25H33N5O3. The fraction of sp³-hybridized carbons (Fsp3) is 0.520. The highest BCUT2D eigenvalue weighted by molar-refractivity contribution is 6.00. The predicted molar refractivity (Wildman–Crippen MR) is 127 cm³/mol. The van der Waals surface area contributed by atoms with E-state index in [1.54, 1.807) is 17.2 Å². The smallest absolute Gasteiger partial charge is 0.410 e. The number of amides is 1. The van der Waals surface area contributed by atoms with Gasteiger partial charge in [0.2, 0.25) is 11.7 Å². The number of hydrogen-bond acceptors (Lipinski definition) is 7. The molecule has 2 saturated heterocycles. The van der Waals surface area contributed by atoms with E-state index >= 15 is 0 Å². The number of para-hydroxylation sites is 1. The number of ketones is 1. The molecule has 1 spiro atoms. The van der Waals surface area contributed by atoms with E-state index in [4.69, 9.17) is 4.74 Å². The molecule has 1 aromatic carbocycles. The Kier molecular flexibility index (Phi) is 6.65. The average molecular weight is 452 g/mol. The van der Waals surface area contributed by atoms with Crippen LogP contribution in [0.25, 0.3) is 0 Å². The van der Waals surface area contributed by atoms with Crippen molar-refractivity contribution >= 4 is 23.5 Å². The Morgan fingerprint density at radius 1 is 1.12 bits per heavy atom. The van der Waals surface area contributed by atoms with Crippen molar-refractivity contribution in [2.45, 2.75) is 58.1 Å². The van der Waals surface area contributed by atoms with Gasteiger partial charge in [0.25, 0.3) is 0 Å². The van der Waals surface area contributed by atoms with Crippen molar-refractivity contribution in [1.29, 1.82) is 0 Å². The van der Waals surface area contributed by atoms with Crippen molar-refractivity contribution in [3.8, 4) is 0 Å². The number of carbonyl (C=O) groups is 2. The van der Waals surface area contributed by atoms with Gasteiger partial charge < -0.3 is 15.4 Å². The molecule has 3 heterocycles. The zero-order chi connectivity index (χ0) is 23.5. The van der Waals surface area contributed by atoms with Crippen LogP contribution in [0.4, 0.5) is 16.4 Å². The Morgan fingerprint density at radius 3 is 2.55 bits per heavy atom. The Bertz CT molecular complexity index is 983. The van der Waals surface area contributed by atoms with Crippen LogP contribution in [0.1, 0.15) is 56.9 Å². The second-order valence-corrected chi connectivity index (χ2v) is 10.0. The topological polar surface area (TPSA) is 96.5 Å². The summed E-state index contributed by atoms with van der Waals surface area (Å²) >= 11 is 0. The summed E-state index contributed by atoms with van der Waals surface area (Å²) < 4.78 is 5.65. The second kappa shape index (κ2) is 9.47. The number of carbonyl (C=O) groups excluding carboxylic acids is 2. The average Bonchev–Trinajstić information content (AvgIpc) is 2.79. The van der Waals surface area contributed by atoms with Gasteiger partial charge in [-0.25, -0.2) is 14.8 Å². The van der Waals surface area contributed by atoms with Gasteiger partial charge in [-0.15, -0.1) is 0 Å². The standard InChI is InChI=1S/C25H33N5O3/c1-24(2,3)33-23(32)30-16-12-25(10-14-26-15-11-25)17-20(30)21(31)19-9-13-27-22(29-19)28-18-7-5-4-6-8-18/h4-9,13,20,26H,10-12,14-17H2,1-3H3,(H,27,28,29). The third kappa shape index (κ3) is 5.68. The van der Waals surface area contributed by atoms with Gasteiger partial charge in [0.05, 0.1) is 0 Å². The highest BCUT2D eigenvalue weighted by atomic mass is 16.6. The number of hydrogen-bond donors (Lipinski definition) is 2. The zero-order valence-electron chi connectivity index (χ0n) is 19.6. The Hall–Kier alpha value is -3.00. The van der Waals surface area contributed by atoms with Crippen LogP contribution in [0.5, 0.6) is 0 Å². The summed E-state index contributed by atoms with van der Waals surface area (Å²) in [5.41, 5.74) is 0.565. The molecule has 2 aromatic rings. The number of benzene rings is 1. The SMILES string of the molecule is CC(C)(C)OC(=O)N1CCC2(CCNCC2)CC1C(=O)c1ccnc(Nc2ccccc2)n1. The molecule has 176 valence electrons. The first kappa shape index (κ1) is 23.2. The summed E-state index contributed by atoms with van der Waals surface area (Å²) in [6, 6.07) is 10.6. The molecule has 0 saturated carbocycles. The van der Waals surface area contributed by atoms with E-state index in [0.717, 1.165) is 38.0 Å². The van der Waals surface area contributed by atoms with Gasteiger partial charge in [-0.2, -0.15) is 0 Å². The van der Waals surface area contributed by atoms with Crippen molar-refractivity contribution in [2.75, 3.05) is 25.0 Å². The number of anilines is 2. The first-order valence-electron chi connectivity index (χ1n) is 11.6. The Balaban J connectivity index is 1.59. The highest BCUT2D eigenvalue weighted by Crippen LogP contribution is 2.43. The normalized spacial score (nSPS) is 20.3. The Labute approximate surface area is 195 Å². The predicted octanol–water partition coefficient (Wildman–Crippen LogP) is 4.17. The summed E-state index contributed by atoms with van der Waals surface area (Å²) in [5.74, 6) is 0.181. The summed E-state index contributed by atoms with van der Waals surface area (Å²) in [5, 5.41) is 6.54.